The van der Waals surface area contributed by atoms with Crippen molar-refractivity contribution in [3.05, 3.63) is 41.8 Å². The fraction of sp³-hybridized carbons (Fsp3) is 0.154. The highest BCUT2D eigenvalue weighted by atomic mass is 19.1. The van der Waals surface area contributed by atoms with Crippen LogP contribution in [-0.4, -0.2) is 12.1 Å². The third-order valence-electron chi connectivity index (χ3n) is 2.42. The highest BCUT2D eigenvalue weighted by molar-refractivity contribution is 5.42. The molecular weight excluding hydrogens is 235 g/mol. The third-order valence-corrected chi connectivity index (χ3v) is 2.42. The summed E-state index contributed by atoms with van der Waals surface area (Å²) in [6, 6.07) is 6.37. The maximum absolute atomic E-state index is 13.5. The number of aromatic nitrogens is 1. The lowest BCUT2D eigenvalue weighted by molar-refractivity contribution is 0.398. The summed E-state index contributed by atoms with van der Waals surface area (Å²) in [6.45, 7) is 1.91. The van der Waals surface area contributed by atoms with Crippen LogP contribution in [0, 0.1) is 12.7 Å². The summed E-state index contributed by atoms with van der Waals surface area (Å²) >= 11 is 0. The Kier molecular flexibility index (Phi) is 3.32. The van der Waals surface area contributed by atoms with Crippen LogP contribution in [-0.2, 0) is 0 Å². The van der Waals surface area contributed by atoms with Crippen molar-refractivity contribution in [2.24, 2.45) is 0 Å². The maximum Gasteiger partial charge on any atom is 0.256 e. The number of anilines is 1. The molecular formula is C13H13FN2O2. The van der Waals surface area contributed by atoms with Crippen LogP contribution in [0.4, 0.5) is 10.1 Å². The van der Waals surface area contributed by atoms with Crippen LogP contribution in [0.15, 0.2) is 30.5 Å². The molecule has 0 atom stereocenters. The molecule has 0 bridgehead atoms. The topological polar surface area (TPSA) is 57.4 Å². The predicted molar refractivity (Wildman–Crippen MR) is 66.4 cm³/mol. The Labute approximate surface area is 104 Å². The normalized spacial score (nSPS) is 10.2. The van der Waals surface area contributed by atoms with E-state index < -0.39 is 5.82 Å². The van der Waals surface area contributed by atoms with E-state index in [9.17, 15) is 4.39 Å². The third kappa shape index (κ3) is 2.51. The first kappa shape index (κ1) is 12.2. The Bertz CT molecular complexity index is 573. The summed E-state index contributed by atoms with van der Waals surface area (Å²) in [6.07, 6.45) is 1.34. The van der Waals surface area contributed by atoms with Crippen LogP contribution >= 0.6 is 0 Å². The first-order valence-corrected chi connectivity index (χ1v) is 5.33. The Balaban J connectivity index is 2.28. The van der Waals surface area contributed by atoms with Crippen molar-refractivity contribution >= 4 is 5.69 Å². The van der Waals surface area contributed by atoms with Crippen molar-refractivity contribution < 1.29 is 13.9 Å². The van der Waals surface area contributed by atoms with Crippen molar-refractivity contribution in [2.75, 3.05) is 12.8 Å². The summed E-state index contributed by atoms with van der Waals surface area (Å²) in [7, 11) is 1.56. The SMILES string of the molecule is COc1cc(Oc2ncc(N)cc2F)ccc1C. The van der Waals surface area contributed by atoms with Crippen LogP contribution in [0.25, 0.3) is 0 Å². The molecule has 1 heterocycles. The number of pyridine rings is 1. The number of hydrogen-bond donors (Lipinski definition) is 1. The molecule has 0 spiro atoms. The second-order valence-electron chi connectivity index (χ2n) is 3.79. The van der Waals surface area contributed by atoms with Crippen molar-refractivity contribution in [3.8, 4) is 17.4 Å². The lowest BCUT2D eigenvalue weighted by Gasteiger charge is -2.09. The number of ether oxygens (including phenoxy) is 2. The molecule has 0 amide bonds. The van der Waals surface area contributed by atoms with E-state index >= 15 is 0 Å². The van der Waals surface area contributed by atoms with E-state index in [1.54, 1.807) is 19.2 Å². The van der Waals surface area contributed by atoms with Gasteiger partial charge >= 0.3 is 0 Å². The average Bonchev–Trinajstić information content (AvgIpc) is 2.35. The Morgan fingerprint density at radius 1 is 1.28 bits per heavy atom. The molecule has 0 saturated carbocycles. The minimum absolute atomic E-state index is 0.116. The van der Waals surface area contributed by atoms with Crippen LogP contribution in [0.3, 0.4) is 0 Å². The van der Waals surface area contributed by atoms with Crippen molar-refractivity contribution in [3.63, 3.8) is 0 Å². The average molecular weight is 248 g/mol. The fourth-order valence-electron chi connectivity index (χ4n) is 1.49. The zero-order valence-corrected chi connectivity index (χ0v) is 10.1. The number of benzene rings is 1. The van der Waals surface area contributed by atoms with Gasteiger partial charge in [0.15, 0.2) is 5.82 Å². The Hall–Kier alpha value is -2.30. The molecule has 4 nitrogen and oxygen atoms in total. The molecule has 1 aromatic heterocycles. The first-order chi connectivity index (χ1) is 8.60. The zero-order valence-electron chi connectivity index (χ0n) is 10.1. The first-order valence-electron chi connectivity index (χ1n) is 5.33. The molecule has 18 heavy (non-hydrogen) atoms. The molecule has 0 aliphatic heterocycles. The van der Waals surface area contributed by atoms with Crippen LogP contribution in [0.5, 0.6) is 17.4 Å². The smallest absolute Gasteiger partial charge is 0.256 e. The number of rotatable bonds is 3. The molecule has 94 valence electrons. The van der Waals surface area contributed by atoms with E-state index in [1.165, 1.54) is 6.20 Å². The van der Waals surface area contributed by atoms with Crippen LogP contribution < -0.4 is 15.2 Å². The summed E-state index contributed by atoms with van der Waals surface area (Å²) in [4.78, 5) is 3.79. The van der Waals surface area contributed by atoms with Gasteiger partial charge in [-0.3, -0.25) is 0 Å². The van der Waals surface area contributed by atoms with Gasteiger partial charge in [-0.2, -0.15) is 0 Å². The minimum atomic E-state index is -0.602. The van der Waals surface area contributed by atoms with Gasteiger partial charge in [-0.15, -0.1) is 0 Å². The monoisotopic (exact) mass is 248 g/mol. The van der Waals surface area contributed by atoms with Gasteiger partial charge in [0.25, 0.3) is 5.88 Å². The largest absolute Gasteiger partial charge is 0.496 e. The second-order valence-corrected chi connectivity index (χ2v) is 3.79. The number of nitrogens with zero attached hydrogens (tertiary/aromatic N) is 1. The Morgan fingerprint density at radius 3 is 2.72 bits per heavy atom. The number of hydrogen-bond acceptors (Lipinski definition) is 4. The fourth-order valence-corrected chi connectivity index (χ4v) is 1.49. The molecule has 0 saturated heterocycles. The lowest BCUT2D eigenvalue weighted by Crippen LogP contribution is -1.95. The van der Waals surface area contributed by atoms with Gasteiger partial charge in [0, 0.05) is 12.1 Å². The number of nitrogen functional groups attached to an aromatic ring is 1. The molecule has 5 heteroatoms. The standard InChI is InChI=1S/C13H13FN2O2/c1-8-3-4-10(6-12(8)17-2)18-13-11(14)5-9(15)7-16-13/h3-7H,15H2,1-2H3. The van der Waals surface area contributed by atoms with Gasteiger partial charge in [0.1, 0.15) is 11.5 Å². The molecule has 0 aliphatic carbocycles. The van der Waals surface area contributed by atoms with E-state index in [4.69, 9.17) is 15.2 Å². The molecule has 2 rings (SSSR count). The molecule has 0 fully saturated rings. The highest BCUT2D eigenvalue weighted by Gasteiger charge is 2.08. The number of nitrogens with two attached hydrogens (primary N) is 1. The maximum atomic E-state index is 13.5. The van der Waals surface area contributed by atoms with Crippen LogP contribution in [0.2, 0.25) is 0 Å². The van der Waals surface area contributed by atoms with Gasteiger partial charge in [-0.25, -0.2) is 9.37 Å². The van der Waals surface area contributed by atoms with Crippen molar-refractivity contribution in [1.82, 2.24) is 4.98 Å². The Morgan fingerprint density at radius 2 is 2.06 bits per heavy atom. The molecule has 0 unspecified atom stereocenters. The number of methoxy groups -OCH3 is 1. The lowest BCUT2D eigenvalue weighted by atomic mass is 10.2. The second kappa shape index (κ2) is 4.91. The van der Waals surface area contributed by atoms with Crippen molar-refractivity contribution in [2.45, 2.75) is 6.92 Å². The predicted octanol–water partition coefficient (Wildman–Crippen LogP) is 2.91. The van der Waals surface area contributed by atoms with Gasteiger partial charge < -0.3 is 15.2 Å². The van der Waals surface area contributed by atoms with E-state index in [0.717, 1.165) is 11.6 Å². The molecule has 1 aromatic carbocycles. The highest BCUT2D eigenvalue weighted by Crippen LogP contribution is 2.28. The zero-order chi connectivity index (χ0) is 13.1. The van der Waals surface area contributed by atoms with E-state index in [0.29, 0.717) is 11.5 Å². The minimum Gasteiger partial charge on any atom is -0.496 e. The van der Waals surface area contributed by atoms with E-state index in [2.05, 4.69) is 4.98 Å². The summed E-state index contributed by atoms with van der Waals surface area (Å²) in [5, 5.41) is 0. The summed E-state index contributed by atoms with van der Waals surface area (Å²) in [5.74, 6) is 0.404. The van der Waals surface area contributed by atoms with E-state index in [1.807, 2.05) is 13.0 Å². The van der Waals surface area contributed by atoms with Gasteiger partial charge in [-0.05, 0) is 18.6 Å². The quantitative estimate of drug-likeness (QED) is 0.907. The molecule has 2 aromatic rings. The van der Waals surface area contributed by atoms with Crippen LogP contribution in [0.1, 0.15) is 5.56 Å². The molecule has 0 radical (unpaired) electrons. The van der Waals surface area contributed by atoms with Gasteiger partial charge in [0.05, 0.1) is 19.0 Å². The van der Waals surface area contributed by atoms with Gasteiger partial charge in [0.2, 0.25) is 0 Å². The number of aryl methyl sites for hydroxylation is 1. The molecule has 2 N–H and O–H groups in total. The summed E-state index contributed by atoms with van der Waals surface area (Å²) in [5.41, 5.74) is 6.63. The van der Waals surface area contributed by atoms with Crippen molar-refractivity contribution in [1.29, 1.82) is 0 Å². The summed E-state index contributed by atoms with van der Waals surface area (Å²) < 4.78 is 24.0. The van der Waals surface area contributed by atoms with E-state index in [-0.39, 0.29) is 11.6 Å². The number of halogens is 1. The molecule has 0 aliphatic rings. The van der Waals surface area contributed by atoms with Gasteiger partial charge in [-0.1, -0.05) is 6.07 Å².